The fraction of sp³-hybridized carbons (Fsp3) is 0.444. The molecule has 2 N–H and O–H groups in total. The summed E-state index contributed by atoms with van der Waals surface area (Å²) in [5, 5.41) is 15.1. The van der Waals surface area contributed by atoms with Gasteiger partial charge in [0.2, 0.25) is 5.95 Å². The lowest BCUT2D eigenvalue weighted by atomic mass is 9.87. The molecule has 1 aliphatic heterocycles. The van der Waals surface area contributed by atoms with Gasteiger partial charge in [-0.1, -0.05) is 13.0 Å². The number of hydrogen-bond donors (Lipinski definition) is 2. The molecule has 1 fully saturated rings. The summed E-state index contributed by atoms with van der Waals surface area (Å²) >= 11 is 0. The first-order valence-corrected chi connectivity index (χ1v) is 12.8. The maximum absolute atomic E-state index is 12.2. The SMILES string of the molecule is C[C@@H](O)C(=O)N1CCc2nc(Nc3ncc4c5ccncc5n([C@H]5CC[C@H](C)CC5)c4n3)ccc2C1. The summed E-state index contributed by atoms with van der Waals surface area (Å²) in [7, 11) is 0. The van der Waals surface area contributed by atoms with E-state index in [1.165, 1.54) is 19.8 Å². The molecule has 0 aromatic carbocycles. The summed E-state index contributed by atoms with van der Waals surface area (Å²) in [5.74, 6) is 1.71. The molecule has 4 aromatic heterocycles. The number of nitrogens with zero attached hydrogens (tertiary/aromatic N) is 6. The average molecular weight is 486 g/mol. The number of rotatable bonds is 4. The lowest BCUT2D eigenvalue weighted by Gasteiger charge is -2.29. The van der Waals surface area contributed by atoms with Crippen molar-refractivity contribution in [3.8, 4) is 0 Å². The number of carbonyl (C=O) groups is 1. The lowest BCUT2D eigenvalue weighted by molar-refractivity contribution is -0.140. The molecule has 0 bridgehead atoms. The van der Waals surface area contributed by atoms with Gasteiger partial charge in [0.05, 0.1) is 11.7 Å². The standard InChI is InChI=1S/C27H31N7O2/c1-16-3-6-19(7-4-16)34-23-14-28-11-9-20(23)21-13-29-27(32-25(21)34)31-24-8-5-18-15-33(26(36)17(2)35)12-10-22(18)30-24/h5,8-9,11,13-14,16-17,19,35H,3-4,6-7,10,12,15H2,1-2H3,(H,29,30,31,32)/t16-,17-,19-/m1/s1. The van der Waals surface area contributed by atoms with Crippen molar-refractivity contribution < 1.29 is 9.90 Å². The number of hydrogen-bond acceptors (Lipinski definition) is 7. The number of nitrogens with one attached hydrogen (secondary N) is 1. The first-order valence-electron chi connectivity index (χ1n) is 12.8. The average Bonchev–Trinajstić information content (AvgIpc) is 3.22. The largest absolute Gasteiger partial charge is 0.384 e. The third kappa shape index (κ3) is 4.07. The Hall–Kier alpha value is -3.59. The van der Waals surface area contributed by atoms with Gasteiger partial charge in [0.15, 0.2) is 0 Å². The summed E-state index contributed by atoms with van der Waals surface area (Å²) in [5.41, 5.74) is 3.99. The number of amides is 1. The maximum atomic E-state index is 12.2. The fourth-order valence-corrected chi connectivity index (χ4v) is 5.65. The van der Waals surface area contributed by atoms with E-state index in [1.54, 1.807) is 4.90 Å². The van der Waals surface area contributed by atoms with Crippen molar-refractivity contribution in [2.24, 2.45) is 5.92 Å². The van der Waals surface area contributed by atoms with E-state index in [1.807, 2.05) is 36.8 Å². The number of fused-ring (bicyclic) bond motifs is 4. The molecule has 1 aliphatic carbocycles. The quantitative estimate of drug-likeness (QED) is 0.447. The van der Waals surface area contributed by atoms with Gasteiger partial charge in [-0.3, -0.25) is 9.78 Å². The van der Waals surface area contributed by atoms with E-state index in [0.29, 0.717) is 37.3 Å². The second-order valence-electron chi connectivity index (χ2n) is 10.2. The number of aliphatic hydroxyl groups excluding tert-OH is 1. The predicted molar refractivity (Wildman–Crippen MR) is 138 cm³/mol. The molecular weight excluding hydrogens is 454 g/mol. The molecule has 186 valence electrons. The van der Waals surface area contributed by atoms with Gasteiger partial charge < -0.3 is 19.9 Å². The van der Waals surface area contributed by atoms with Crippen molar-refractivity contribution >= 4 is 39.6 Å². The molecule has 9 heteroatoms. The first kappa shape index (κ1) is 22.8. The second-order valence-corrected chi connectivity index (χ2v) is 10.2. The second kappa shape index (κ2) is 9.13. The Morgan fingerprint density at radius 1 is 1.11 bits per heavy atom. The zero-order valence-electron chi connectivity index (χ0n) is 20.7. The highest BCUT2D eigenvalue weighted by Gasteiger charge is 2.26. The molecule has 5 heterocycles. The molecule has 1 amide bonds. The van der Waals surface area contributed by atoms with Crippen LogP contribution in [0.5, 0.6) is 0 Å². The van der Waals surface area contributed by atoms with Crippen LogP contribution in [0.2, 0.25) is 0 Å². The molecule has 4 aromatic rings. The minimum absolute atomic E-state index is 0.248. The smallest absolute Gasteiger partial charge is 0.251 e. The number of pyridine rings is 2. The maximum Gasteiger partial charge on any atom is 0.251 e. The van der Waals surface area contributed by atoms with Crippen LogP contribution < -0.4 is 5.32 Å². The summed E-state index contributed by atoms with van der Waals surface area (Å²) in [6.45, 7) is 4.85. The zero-order valence-corrected chi connectivity index (χ0v) is 20.7. The fourth-order valence-electron chi connectivity index (χ4n) is 5.65. The van der Waals surface area contributed by atoms with E-state index in [2.05, 4.69) is 26.8 Å². The number of anilines is 2. The summed E-state index contributed by atoms with van der Waals surface area (Å²) in [6.07, 6.45) is 10.1. The van der Waals surface area contributed by atoms with E-state index in [-0.39, 0.29) is 5.91 Å². The molecule has 0 spiro atoms. The summed E-state index contributed by atoms with van der Waals surface area (Å²) in [6, 6.07) is 6.33. The van der Waals surface area contributed by atoms with Gasteiger partial charge in [0, 0.05) is 54.4 Å². The molecule has 9 nitrogen and oxygen atoms in total. The minimum Gasteiger partial charge on any atom is -0.384 e. The number of aliphatic hydroxyl groups is 1. The molecule has 1 atom stereocenters. The van der Waals surface area contributed by atoms with E-state index in [4.69, 9.17) is 9.97 Å². The van der Waals surface area contributed by atoms with Gasteiger partial charge in [-0.25, -0.2) is 9.97 Å². The summed E-state index contributed by atoms with van der Waals surface area (Å²) in [4.78, 5) is 32.6. The Kier molecular flexibility index (Phi) is 5.79. The van der Waals surface area contributed by atoms with Crippen LogP contribution in [-0.4, -0.2) is 53.1 Å². The number of aromatic nitrogens is 5. The predicted octanol–water partition coefficient (Wildman–Crippen LogP) is 4.13. The molecule has 0 radical (unpaired) electrons. The highest BCUT2D eigenvalue weighted by atomic mass is 16.3. The van der Waals surface area contributed by atoms with Crippen LogP contribution in [0.4, 0.5) is 11.8 Å². The van der Waals surface area contributed by atoms with Crippen LogP contribution in [0, 0.1) is 5.92 Å². The van der Waals surface area contributed by atoms with Gasteiger partial charge in [-0.05, 0) is 56.2 Å². The van der Waals surface area contributed by atoms with Gasteiger partial charge in [0.25, 0.3) is 5.91 Å². The third-order valence-corrected chi connectivity index (χ3v) is 7.65. The third-order valence-electron chi connectivity index (χ3n) is 7.65. The Bertz CT molecular complexity index is 1440. The van der Waals surface area contributed by atoms with Crippen LogP contribution in [0.3, 0.4) is 0 Å². The molecule has 1 saturated carbocycles. The molecule has 0 saturated heterocycles. The van der Waals surface area contributed by atoms with Crippen LogP contribution in [0.15, 0.2) is 36.8 Å². The zero-order chi connectivity index (χ0) is 24.8. The Morgan fingerprint density at radius 2 is 1.94 bits per heavy atom. The highest BCUT2D eigenvalue weighted by molar-refractivity contribution is 6.06. The Balaban J connectivity index is 1.31. The number of carbonyl (C=O) groups excluding carboxylic acids is 1. The molecule has 36 heavy (non-hydrogen) atoms. The molecular formula is C27H31N7O2. The minimum atomic E-state index is -0.990. The van der Waals surface area contributed by atoms with Gasteiger partial charge in [0.1, 0.15) is 17.6 Å². The monoisotopic (exact) mass is 485 g/mol. The van der Waals surface area contributed by atoms with Crippen molar-refractivity contribution in [3.63, 3.8) is 0 Å². The van der Waals surface area contributed by atoms with E-state index < -0.39 is 6.10 Å². The topological polar surface area (TPSA) is 109 Å². The Morgan fingerprint density at radius 3 is 2.75 bits per heavy atom. The molecule has 0 unspecified atom stereocenters. The van der Waals surface area contributed by atoms with Crippen molar-refractivity contribution in [1.82, 2.24) is 29.4 Å². The van der Waals surface area contributed by atoms with Crippen LogP contribution in [0.25, 0.3) is 21.9 Å². The van der Waals surface area contributed by atoms with Gasteiger partial charge in [-0.2, -0.15) is 4.98 Å². The normalized spacial score (nSPS) is 20.9. The van der Waals surface area contributed by atoms with Crippen molar-refractivity contribution in [1.29, 1.82) is 0 Å². The van der Waals surface area contributed by atoms with E-state index >= 15 is 0 Å². The molecule has 6 rings (SSSR count). The van der Waals surface area contributed by atoms with Crippen LogP contribution >= 0.6 is 0 Å². The lowest BCUT2D eigenvalue weighted by Crippen LogP contribution is -2.41. The van der Waals surface area contributed by atoms with Crippen LogP contribution in [-0.2, 0) is 17.8 Å². The molecule has 2 aliphatic rings. The van der Waals surface area contributed by atoms with E-state index in [9.17, 15) is 9.90 Å². The Labute approximate surface area is 209 Å². The van der Waals surface area contributed by atoms with Gasteiger partial charge in [-0.15, -0.1) is 0 Å². The van der Waals surface area contributed by atoms with Crippen LogP contribution in [0.1, 0.15) is 56.8 Å². The summed E-state index contributed by atoms with van der Waals surface area (Å²) < 4.78 is 2.37. The highest BCUT2D eigenvalue weighted by Crippen LogP contribution is 2.38. The van der Waals surface area contributed by atoms with Gasteiger partial charge >= 0.3 is 0 Å². The van der Waals surface area contributed by atoms with Crippen molar-refractivity contribution in [2.75, 3.05) is 11.9 Å². The first-order chi connectivity index (χ1) is 17.5. The van der Waals surface area contributed by atoms with Crippen molar-refractivity contribution in [3.05, 3.63) is 48.0 Å². The van der Waals surface area contributed by atoms with E-state index in [0.717, 1.165) is 52.0 Å². The van der Waals surface area contributed by atoms with Crippen molar-refractivity contribution in [2.45, 2.75) is 64.6 Å².